The summed E-state index contributed by atoms with van der Waals surface area (Å²) in [5.41, 5.74) is 0.681. The number of morpholine rings is 1. The Bertz CT molecular complexity index is 660. The predicted molar refractivity (Wildman–Crippen MR) is 76.4 cm³/mol. The number of ether oxygens (including phenoxy) is 2. The molecular formula is C16H15F2NO4. The van der Waals surface area contributed by atoms with Crippen LogP contribution in [0.2, 0.25) is 0 Å². The topological polar surface area (TPSA) is 51.9 Å². The maximum absolute atomic E-state index is 12.3. The maximum atomic E-state index is 12.3. The summed E-state index contributed by atoms with van der Waals surface area (Å²) < 4.78 is 39.8. The highest BCUT2D eigenvalue weighted by Crippen LogP contribution is 2.26. The second-order valence-corrected chi connectivity index (χ2v) is 5.04. The number of halogens is 2. The molecule has 1 saturated heterocycles. The molecule has 0 N–H and O–H groups in total. The Morgan fingerprint density at radius 1 is 1.30 bits per heavy atom. The first-order valence-electron chi connectivity index (χ1n) is 7.12. The number of furan rings is 1. The number of amides is 1. The van der Waals surface area contributed by atoms with E-state index in [2.05, 4.69) is 4.74 Å². The Balaban J connectivity index is 1.72. The molecule has 23 heavy (non-hydrogen) atoms. The van der Waals surface area contributed by atoms with Crippen molar-refractivity contribution in [3.8, 4) is 5.75 Å². The van der Waals surface area contributed by atoms with Crippen molar-refractivity contribution in [2.75, 3.05) is 19.7 Å². The Morgan fingerprint density at radius 2 is 2.17 bits per heavy atom. The minimum Gasteiger partial charge on any atom is -0.459 e. The Hall–Kier alpha value is -2.41. The van der Waals surface area contributed by atoms with E-state index in [0.717, 1.165) is 0 Å². The second-order valence-electron chi connectivity index (χ2n) is 5.04. The zero-order valence-electron chi connectivity index (χ0n) is 12.2. The third-order valence-electron chi connectivity index (χ3n) is 3.54. The summed E-state index contributed by atoms with van der Waals surface area (Å²) >= 11 is 0. The van der Waals surface area contributed by atoms with Gasteiger partial charge < -0.3 is 18.8 Å². The van der Waals surface area contributed by atoms with Gasteiger partial charge in [-0.1, -0.05) is 12.1 Å². The summed E-state index contributed by atoms with van der Waals surface area (Å²) in [6.07, 6.45) is 1.04. The van der Waals surface area contributed by atoms with Crippen LogP contribution >= 0.6 is 0 Å². The van der Waals surface area contributed by atoms with Crippen LogP contribution in [0.1, 0.15) is 22.2 Å². The van der Waals surface area contributed by atoms with Gasteiger partial charge in [-0.05, 0) is 29.8 Å². The molecule has 1 aliphatic heterocycles. The first kappa shape index (κ1) is 15.5. The van der Waals surface area contributed by atoms with E-state index in [4.69, 9.17) is 9.15 Å². The van der Waals surface area contributed by atoms with Crippen molar-refractivity contribution in [1.29, 1.82) is 0 Å². The normalized spacial score (nSPS) is 18.2. The fraction of sp³-hybridized carbons (Fsp3) is 0.312. The number of nitrogens with zero attached hydrogens (tertiary/aromatic N) is 1. The molecule has 1 atom stereocenters. The van der Waals surface area contributed by atoms with Crippen LogP contribution in [0.4, 0.5) is 8.78 Å². The summed E-state index contributed by atoms with van der Waals surface area (Å²) in [6.45, 7) is -1.76. The van der Waals surface area contributed by atoms with Crippen molar-refractivity contribution < 1.29 is 27.5 Å². The molecule has 2 heterocycles. The lowest BCUT2D eigenvalue weighted by Crippen LogP contribution is -2.42. The Labute approximate surface area is 131 Å². The zero-order valence-corrected chi connectivity index (χ0v) is 12.2. The van der Waals surface area contributed by atoms with Crippen LogP contribution in [0.25, 0.3) is 0 Å². The lowest BCUT2D eigenvalue weighted by atomic mass is 10.1. The molecule has 1 unspecified atom stereocenters. The van der Waals surface area contributed by atoms with Gasteiger partial charge in [0.15, 0.2) is 5.76 Å². The Morgan fingerprint density at radius 3 is 2.91 bits per heavy atom. The van der Waals surface area contributed by atoms with Crippen LogP contribution in [0.15, 0.2) is 47.1 Å². The highest BCUT2D eigenvalue weighted by atomic mass is 19.3. The van der Waals surface area contributed by atoms with E-state index in [0.29, 0.717) is 25.3 Å². The van der Waals surface area contributed by atoms with Crippen molar-refractivity contribution >= 4 is 5.91 Å². The van der Waals surface area contributed by atoms with Crippen molar-refractivity contribution in [3.63, 3.8) is 0 Å². The van der Waals surface area contributed by atoms with E-state index in [1.807, 2.05) is 0 Å². The molecule has 0 spiro atoms. The van der Waals surface area contributed by atoms with Crippen LogP contribution in [0, 0.1) is 0 Å². The van der Waals surface area contributed by atoms with E-state index in [-0.39, 0.29) is 17.4 Å². The predicted octanol–water partition coefficient (Wildman–Crippen LogP) is 3.09. The zero-order chi connectivity index (χ0) is 16.2. The number of carbonyl (C=O) groups is 1. The molecule has 0 saturated carbocycles. The van der Waals surface area contributed by atoms with Gasteiger partial charge in [-0.15, -0.1) is 0 Å². The summed E-state index contributed by atoms with van der Waals surface area (Å²) in [5.74, 6) is 0.110. The first-order valence-corrected chi connectivity index (χ1v) is 7.12. The molecule has 3 rings (SSSR count). The maximum Gasteiger partial charge on any atom is 0.387 e. The molecule has 0 aliphatic carbocycles. The molecular weight excluding hydrogens is 308 g/mol. The van der Waals surface area contributed by atoms with Gasteiger partial charge >= 0.3 is 6.61 Å². The molecule has 2 aromatic rings. The second kappa shape index (κ2) is 6.78. The van der Waals surface area contributed by atoms with E-state index >= 15 is 0 Å². The number of hydrogen-bond donors (Lipinski definition) is 0. The highest BCUT2D eigenvalue weighted by molar-refractivity contribution is 5.91. The fourth-order valence-electron chi connectivity index (χ4n) is 2.48. The summed E-state index contributed by atoms with van der Waals surface area (Å²) in [7, 11) is 0. The van der Waals surface area contributed by atoms with Crippen molar-refractivity contribution in [1.82, 2.24) is 4.90 Å². The van der Waals surface area contributed by atoms with Gasteiger partial charge in [-0.3, -0.25) is 4.79 Å². The van der Waals surface area contributed by atoms with Crippen LogP contribution in [-0.2, 0) is 4.74 Å². The van der Waals surface area contributed by atoms with Crippen LogP contribution in [0.3, 0.4) is 0 Å². The van der Waals surface area contributed by atoms with Gasteiger partial charge in [0.2, 0.25) is 0 Å². The fourth-order valence-corrected chi connectivity index (χ4v) is 2.48. The van der Waals surface area contributed by atoms with Crippen molar-refractivity contribution in [2.45, 2.75) is 12.7 Å². The summed E-state index contributed by atoms with van der Waals surface area (Å²) in [5, 5.41) is 0. The summed E-state index contributed by atoms with van der Waals surface area (Å²) in [4.78, 5) is 13.9. The summed E-state index contributed by atoms with van der Waals surface area (Å²) in [6, 6.07) is 9.57. The molecule has 1 amide bonds. The number of benzene rings is 1. The lowest BCUT2D eigenvalue weighted by molar-refractivity contribution is -0.0504. The van der Waals surface area contributed by atoms with E-state index < -0.39 is 12.7 Å². The molecule has 1 fully saturated rings. The quantitative estimate of drug-likeness (QED) is 0.867. The van der Waals surface area contributed by atoms with Gasteiger partial charge in [0, 0.05) is 6.54 Å². The molecule has 0 bridgehead atoms. The van der Waals surface area contributed by atoms with E-state index in [1.165, 1.54) is 18.4 Å². The SMILES string of the molecule is O=C(c1ccco1)N1CCOC(c2cccc(OC(F)F)c2)C1. The Kier molecular flexibility index (Phi) is 4.57. The molecule has 1 aromatic carbocycles. The molecule has 5 nitrogen and oxygen atoms in total. The van der Waals surface area contributed by atoms with E-state index in [9.17, 15) is 13.6 Å². The third-order valence-corrected chi connectivity index (χ3v) is 3.54. The van der Waals surface area contributed by atoms with Gasteiger partial charge in [-0.2, -0.15) is 8.78 Å². The minimum atomic E-state index is -2.88. The smallest absolute Gasteiger partial charge is 0.387 e. The first-order chi connectivity index (χ1) is 11.1. The molecule has 7 heteroatoms. The number of carbonyl (C=O) groups excluding carboxylic acids is 1. The third kappa shape index (κ3) is 3.68. The van der Waals surface area contributed by atoms with Crippen molar-refractivity contribution in [3.05, 3.63) is 54.0 Å². The molecule has 122 valence electrons. The average molecular weight is 323 g/mol. The average Bonchev–Trinajstić information content (AvgIpc) is 3.08. The van der Waals surface area contributed by atoms with Crippen molar-refractivity contribution in [2.24, 2.45) is 0 Å². The largest absolute Gasteiger partial charge is 0.459 e. The monoisotopic (exact) mass is 323 g/mol. The number of rotatable bonds is 4. The molecule has 1 aliphatic rings. The lowest BCUT2D eigenvalue weighted by Gasteiger charge is -2.32. The van der Waals surface area contributed by atoms with Gasteiger partial charge in [0.05, 0.1) is 19.4 Å². The van der Waals surface area contributed by atoms with Crippen LogP contribution in [-0.4, -0.2) is 37.1 Å². The molecule has 1 aromatic heterocycles. The standard InChI is InChI=1S/C16H15F2NO4/c17-16(18)23-12-4-1-3-11(9-12)14-10-19(6-8-22-14)15(20)13-5-2-7-21-13/h1-5,7,9,14,16H,6,8,10H2. The van der Waals surface area contributed by atoms with Crippen LogP contribution < -0.4 is 4.74 Å². The minimum absolute atomic E-state index is 0.0654. The van der Waals surface area contributed by atoms with Gasteiger partial charge in [-0.25, -0.2) is 0 Å². The molecule has 0 radical (unpaired) electrons. The van der Waals surface area contributed by atoms with Gasteiger partial charge in [0.25, 0.3) is 5.91 Å². The van der Waals surface area contributed by atoms with E-state index in [1.54, 1.807) is 29.2 Å². The number of alkyl halides is 2. The highest BCUT2D eigenvalue weighted by Gasteiger charge is 2.27. The van der Waals surface area contributed by atoms with Gasteiger partial charge in [0.1, 0.15) is 11.9 Å². The number of hydrogen-bond acceptors (Lipinski definition) is 4. The van der Waals surface area contributed by atoms with Crippen LogP contribution in [0.5, 0.6) is 5.75 Å².